The first-order valence-electron chi connectivity index (χ1n) is 7.00. The van der Waals surface area contributed by atoms with Crippen molar-refractivity contribution in [3.8, 4) is 0 Å². The lowest BCUT2D eigenvalue weighted by Gasteiger charge is -2.33. The van der Waals surface area contributed by atoms with E-state index >= 15 is 0 Å². The second kappa shape index (κ2) is 6.24. The van der Waals surface area contributed by atoms with Crippen LogP contribution in [0.2, 0.25) is 0 Å². The highest BCUT2D eigenvalue weighted by atomic mass is 16.2. The van der Waals surface area contributed by atoms with Crippen molar-refractivity contribution in [2.45, 2.75) is 44.6 Å². The average molecular weight is 239 g/mol. The average Bonchev–Trinajstić information content (AvgIpc) is 2.38. The largest absolute Gasteiger partial charge is 0.336 e. The number of hydrogen-bond acceptors (Lipinski definition) is 2. The van der Waals surface area contributed by atoms with Crippen LogP contribution in [0, 0.1) is 0 Å². The van der Waals surface area contributed by atoms with Crippen molar-refractivity contribution in [2.75, 3.05) is 33.2 Å². The minimum Gasteiger partial charge on any atom is -0.336 e. The molecule has 2 aliphatic rings. The number of likely N-dealkylation sites (tertiary alicyclic amines) is 2. The fourth-order valence-electron chi connectivity index (χ4n) is 2.82. The van der Waals surface area contributed by atoms with Crippen molar-refractivity contribution in [1.29, 1.82) is 0 Å². The molecule has 0 aromatic heterocycles. The van der Waals surface area contributed by atoms with Crippen LogP contribution in [0.5, 0.6) is 0 Å². The Morgan fingerprint density at radius 2 is 1.82 bits per heavy atom. The van der Waals surface area contributed by atoms with Gasteiger partial charge in [0.25, 0.3) is 0 Å². The number of nitrogens with one attached hydrogen (secondary N) is 1. The highest BCUT2D eigenvalue weighted by molar-refractivity contribution is 5.74. The first-order valence-corrected chi connectivity index (χ1v) is 7.00. The summed E-state index contributed by atoms with van der Waals surface area (Å²) >= 11 is 0. The lowest BCUT2D eigenvalue weighted by molar-refractivity contribution is 0.164. The van der Waals surface area contributed by atoms with Gasteiger partial charge in [0, 0.05) is 25.7 Å². The zero-order valence-corrected chi connectivity index (χ0v) is 11.0. The molecule has 2 rings (SSSR count). The number of carbonyl (C=O) groups is 1. The van der Waals surface area contributed by atoms with E-state index in [4.69, 9.17) is 0 Å². The molecule has 17 heavy (non-hydrogen) atoms. The molecule has 0 aromatic rings. The number of nitrogens with zero attached hydrogens (tertiary/aromatic N) is 2. The quantitative estimate of drug-likeness (QED) is 0.795. The van der Waals surface area contributed by atoms with E-state index in [1.807, 2.05) is 4.90 Å². The fraction of sp³-hybridized carbons (Fsp3) is 0.923. The number of likely N-dealkylation sites (N-methyl/N-ethyl adjacent to an activating group) is 1. The second-order valence-corrected chi connectivity index (χ2v) is 5.36. The fourth-order valence-corrected chi connectivity index (χ4v) is 2.82. The van der Waals surface area contributed by atoms with E-state index < -0.39 is 0 Å². The van der Waals surface area contributed by atoms with Gasteiger partial charge in [-0.1, -0.05) is 6.42 Å². The van der Waals surface area contributed by atoms with Crippen molar-refractivity contribution in [3.63, 3.8) is 0 Å². The van der Waals surface area contributed by atoms with Crippen molar-refractivity contribution in [1.82, 2.24) is 15.1 Å². The van der Waals surface area contributed by atoms with Crippen molar-refractivity contribution in [2.24, 2.45) is 0 Å². The van der Waals surface area contributed by atoms with Gasteiger partial charge in [0.1, 0.15) is 0 Å². The van der Waals surface area contributed by atoms with E-state index in [0.717, 1.165) is 32.5 Å². The Bertz CT molecular complexity index is 251. The minimum atomic E-state index is 0.142. The van der Waals surface area contributed by atoms with Crippen LogP contribution in [0.25, 0.3) is 0 Å². The number of rotatable bonds is 2. The molecule has 0 radical (unpaired) electrons. The molecule has 98 valence electrons. The summed E-state index contributed by atoms with van der Waals surface area (Å²) in [4.78, 5) is 16.3. The van der Waals surface area contributed by atoms with Gasteiger partial charge in [-0.3, -0.25) is 0 Å². The Hall–Kier alpha value is -0.770. The number of urea groups is 1. The Labute approximate surface area is 104 Å². The lowest BCUT2D eigenvalue weighted by atomic mass is 10.0. The number of amides is 2. The van der Waals surface area contributed by atoms with E-state index in [9.17, 15) is 4.79 Å². The predicted molar refractivity (Wildman–Crippen MR) is 69.1 cm³/mol. The molecule has 4 heteroatoms. The summed E-state index contributed by atoms with van der Waals surface area (Å²) in [7, 11) is 2.16. The van der Waals surface area contributed by atoms with Gasteiger partial charge in [0.15, 0.2) is 0 Å². The summed E-state index contributed by atoms with van der Waals surface area (Å²) in [6, 6.07) is 0.682. The second-order valence-electron chi connectivity index (χ2n) is 5.36. The van der Waals surface area contributed by atoms with E-state index in [0.29, 0.717) is 6.04 Å². The molecule has 1 N–H and O–H groups in total. The maximum absolute atomic E-state index is 11.9. The summed E-state index contributed by atoms with van der Waals surface area (Å²) in [5.74, 6) is 0. The Morgan fingerprint density at radius 1 is 1.12 bits per heavy atom. The molecular formula is C13H25N3O. The van der Waals surface area contributed by atoms with Gasteiger partial charge >= 0.3 is 6.03 Å². The van der Waals surface area contributed by atoms with Crippen molar-refractivity contribution >= 4 is 6.03 Å². The molecule has 2 saturated heterocycles. The SMILES string of the molecule is CN1CCCCC1CNC(=O)N1CCCCC1. The summed E-state index contributed by atoms with van der Waals surface area (Å²) in [5.41, 5.74) is 0. The third-order valence-corrected chi connectivity index (χ3v) is 4.05. The van der Waals surface area contributed by atoms with Gasteiger partial charge in [-0.05, 0) is 45.7 Å². The van der Waals surface area contributed by atoms with Crippen LogP contribution in [0.15, 0.2) is 0 Å². The minimum absolute atomic E-state index is 0.142. The Balaban J connectivity index is 1.71. The van der Waals surface area contributed by atoms with Gasteiger partial charge in [0.05, 0.1) is 0 Å². The Morgan fingerprint density at radius 3 is 2.53 bits per heavy atom. The standard InChI is InChI=1S/C13H25N3O/c1-15-8-6-3-7-12(15)11-14-13(17)16-9-4-2-5-10-16/h12H,2-11H2,1H3,(H,14,17). The summed E-state index contributed by atoms with van der Waals surface area (Å²) < 4.78 is 0. The summed E-state index contributed by atoms with van der Waals surface area (Å²) in [6.07, 6.45) is 7.42. The zero-order valence-electron chi connectivity index (χ0n) is 11.0. The smallest absolute Gasteiger partial charge is 0.317 e. The summed E-state index contributed by atoms with van der Waals surface area (Å²) in [6.45, 7) is 3.86. The molecule has 0 saturated carbocycles. The molecule has 0 aliphatic carbocycles. The molecule has 2 heterocycles. The Kier molecular flexibility index (Phi) is 4.66. The highest BCUT2D eigenvalue weighted by Gasteiger charge is 2.21. The molecule has 2 aliphatic heterocycles. The molecule has 2 fully saturated rings. The maximum atomic E-state index is 11.9. The van der Waals surface area contributed by atoms with Gasteiger partial charge in [-0.15, -0.1) is 0 Å². The molecule has 0 bridgehead atoms. The third kappa shape index (κ3) is 3.60. The highest BCUT2D eigenvalue weighted by Crippen LogP contribution is 2.14. The van der Waals surface area contributed by atoms with E-state index in [-0.39, 0.29) is 6.03 Å². The maximum Gasteiger partial charge on any atom is 0.317 e. The lowest BCUT2D eigenvalue weighted by Crippen LogP contribution is -2.49. The molecule has 1 unspecified atom stereocenters. The molecular weight excluding hydrogens is 214 g/mol. The molecule has 1 atom stereocenters. The van der Waals surface area contributed by atoms with Gasteiger partial charge in [0.2, 0.25) is 0 Å². The van der Waals surface area contributed by atoms with Crippen molar-refractivity contribution in [3.05, 3.63) is 0 Å². The molecule has 2 amide bonds. The number of hydrogen-bond donors (Lipinski definition) is 1. The van der Waals surface area contributed by atoms with Crippen LogP contribution in [0.4, 0.5) is 4.79 Å². The molecule has 0 aromatic carbocycles. The van der Waals surface area contributed by atoms with Crippen LogP contribution in [0.1, 0.15) is 38.5 Å². The molecule has 4 nitrogen and oxygen atoms in total. The van der Waals surface area contributed by atoms with E-state index in [1.54, 1.807) is 0 Å². The monoisotopic (exact) mass is 239 g/mol. The first kappa shape index (κ1) is 12.7. The van der Waals surface area contributed by atoms with Crippen molar-refractivity contribution < 1.29 is 4.79 Å². The van der Waals surface area contributed by atoms with Gasteiger partial charge in [-0.2, -0.15) is 0 Å². The van der Waals surface area contributed by atoms with Crippen LogP contribution in [-0.4, -0.2) is 55.1 Å². The van der Waals surface area contributed by atoms with E-state index in [1.165, 1.54) is 32.2 Å². The first-order chi connectivity index (χ1) is 8.27. The summed E-state index contributed by atoms with van der Waals surface area (Å²) in [5, 5.41) is 3.10. The molecule has 0 spiro atoms. The normalized spacial score (nSPS) is 26.9. The van der Waals surface area contributed by atoms with Crippen LogP contribution in [-0.2, 0) is 0 Å². The van der Waals surface area contributed by atoms with Gasteiger partial charge in [-0.25, -0.2) is 4.79 Å². The third-order valence-electron chi connectivity index (χ3n) is 4.05. The number of carbonyl (C=O) groups excluding carboxylic acids is 1. The zero-order chi connectivity index (χ0) is 12.1. The number of piperidine rings is 2. The van der Waals surface area contributed by atoms with Crippen LogP contribution in [0.3, 0.4) is 0 Å². The topological polar surface area (TPSA) is 35.6 Å². The van der Waals surface area contributed by atoms with Crippen LogP contribution < -0.4 is 5.32 Å². The van der Waals surface area contributed by atoms with Gasteiger partial charge < -0.3 is 15.1 Å². The predicted octanol–water partition coefficient (Wildman–Crippen LogP) is 1.67. The van der Waals surface area contributed by atoms with Crippen LogP contribution >= 0.6 is 0 Å². The van der Waals surface area contributed by atoms with E-state index in [2.05, 4.69) is 17.3 Å².